The second-order valence-corrected chi connectivity index (χ2v) is 6.60. The minimum absolute atomic E-state index is 0.0846. The first-order chi connectivity index (χ1) is 11.5. The molecule has 0 spiro atoms. The number of hydrogen-bond donors (Lipinski definition) is 2. The number of rotatable bonds is 4. The third kappa shape index (κ3) is 3.81. The van der Waals surface area contributed by atoms with Crippen LogP contribution in [0.4, 0.5) is 16.5 Å². The van der Waals surface area contributed by atoms with Crippen LogP contribution in [0.15, 0.2) is 47.8 Å². The predicted molar refractivity (Wildman–Crippen MR) is 101 cm³/mol. The first-order valence-corrected chi connectivity index (χ1v) is 8.57. The van der Waals surface area contributed by atoms with Gasteiger partial charge in [-0.05, 0) is 43.7 Å². The number of carbonyl (C=O) groups excluding carboxylic acids is 1. The van der Waals surface area contributed by atoms with Crippen molar-refractivity contribution in [1.29, 1.82) is 0 Å². The lowest BCUT2D eigenvalue weighted by molar-refractivity contribution is -0.114. The van der Waals surface area contributed by atoms with Crippen LogP contribution < -0.4 is 10.6 Å². The number of benzene rings is 2. The molecule has 1 aromatic heterocycles. The van der Waals surface area contributed by atoms with Gasteiger partial charge in [-0.1, -0.05) is 23.8 Å². The van der Waals surface area contributed by atoms with E-state index in [0.717, 1.165) is 27.8 Å². The maximum absolute atomic E-state index is 11.2. The Hall–Kier alpha value is -2.66. The zero-order chi connectivity index (χ0) is 17.1. The summed E-state index contributed by atoms with van der Waals surface area (Å²) < 4.78 is 0. The topological polar surface area (TPSA) is 54.0 Å². The molecule has 0 bridgehead atoms. The lowest BCUT2D eigenvalue weighted by atomic mass is 10.0. The molecule has 1 heterocycles. The number of aromatic nitrogens is 1. The summed E-state index contributed by atoms with van der Waals surface area (Å²) in [5.74, 6) is -0.0846. The molecule has 0 aliphatic carbocycles. The summed E-state index contributed by atoms with van der Waals surface area (Å²) >= 11 is 1.56. The van der Waals surface area contributed by atoms with Gasteiger partial charge in [-0.2, -0.15) is 0 Å². The molecule has 122 valence electrons. The van der Waals surface area contributed by atoms with Gasteiger partial charge in [0.25, 0.3) is 0 Å². The number of hydrogen-bond acceptors (Lipinski definition) is 4. The second kappa shape index (κ2) is 6.84. The largest absolute Gasteiger partial charge is 0.331 e. The fourth-order valence-corrected chi connectivity index (χ4v) is 3.20. The zero-order valence-corrected chi connectivity index (χ0v) is 14.7. The molecule has 0 saturated heterocycles. The molecule has 0 saturated carbocycles. The fraction of sp³-hybridized carbons (Fsp3) is 0.158. The molecule has 1 amide bonds. The number of amides is 1. The van der Waals surface area contributed by atoms with Crippen molar-refractivity contribution in [3.63, 3.8) is 0 Å². The van der Waals surface area contributed by atoms with Gasteiger partial charge in [0.1, 0.15) is 0 Å². The second-order valence-electron chi connectivity index (χ2n) is 5.74. The fourth-order valence-electron chi connectivity index (χ4n) is 2.47. The monoisotopic (exact) mass is 337 g/mol. The summed E-state index contributed by atoms with van der Waals surface area (Å²) in [7, 11) is 0. The smallest absolute Gasteiger partial charge is 0.221 e. The van der Waals surface area contributed by atoms with Crippen LogP contribution in [0.25, 0.3) is 11.3 Å². The number of thiazole rings is 1. The quantitative estimate of drug-likeness (QED) is 0.694. The van der Waals surface area contributed by atoms with Crippen molar-refractivity contribution in [3.8, 4) is 11.3 Å². The molecule has 3 aromatic rings. The first-order valence-electron chi connectivity index (χ1n) is 7.69. The van der Waals surface area contributed by atoms with Crippen molar-refractivity contribution in [3.05, 3.63) is 59.0 Å². The third-order valence-corrected chi connectivity index (χ3v) is 4.37. The molecular weight excluding hydrogens is 318 g/mol. The van der Waals surface area contributed by atoms with Gasteiger partial charge in [-0.15, -0.1) is 11.3 Å². The van der Waals surface area contributed by atoms with Gasteiger partial charge >= 0.3 is 0 Å². The molecule has 0 fully saturated rings. The summed E-state index contributed by atoms with van der Waals surface area (Å²) in [6.45, 7) is 5.68. The van der Waals surface area contributed by atoms with Crippen molar-refractivity contribution in [2.24, 2.45) is 0 Å². The molecule has 5 heteroatoms. The van der Waals surface area contributed by atoms with Crippen molar-refractivity contribution in [2.75, 3.05) is 10.6 Å². The molecular formula is C19H19N3OS. The van der Waals surface area contributed by atoms with Crippen LogP contribution >= 0.6 is 11.3 Å². The molecule has 0 unspecified atom stereocenters. The number of carbonyl (C=O) groups is 1. The minimum atomic E-state index is -0.0846. The van der Waals surface area contributed by atoms with Crippen molar-refractivity contribution < 1.29 is 4.79 Å². The molecule has 3 rings (SSSR count). The van der Waals surface area contributed by atoms with E-state index in [1.807, 2.05) is 24.3 Å². The predicted octanol–water partition coefficient (Wildman–Crippen LogP) is 5.13. The van der Waals surface area contributed by atoms with Gasteiger partial charge in [-0.25, -0.2) is 4.98 Å². The van der Waals surface area contributed by atoms with Gasteiger partial charge in [0.2, 0.25) is 5.91 Å². The van der Waals surface area contributed by atoms with Gasteiger partial charge in [0, 0.05) is 29.2 Å². The van der Waals surface area contributed by atoms with Crippen molar-refractivity contribution in [2.45, 2.75) is 20.8 Å². The van der Waals surface area contributed by atoms with E-state index in [1.54, 1.807) is 11.3 Å². The third-order valence-electron chi connectivity index (χ3n) is 3.61. The highest BCUT2D eigenvalue weighted by Gasteiger charge is 2.08. The van der Waals surface area contributed by atoms with Gasteiger partial charge < -0.3 is 10.6 Å². The van der Waals surface area contributed by atoms with E-state index < -0.39 is 0 Å². The maximum Gasteiger partial charge on any atom is 0.221 e. The average Bonchev–Trinajstić information content (AvgIpc) is 2.97. The Labute approximate surface area is 145 Å². The SMILES string of the molecule is CC(=O)Nc1cccc(Nc2nc(-c3cc(C)ccc3C)cs2)c1. The molecule has 0 atom stereocenters. The summed E-state index contributed by atoms with van der Waals surface area (Å²) in [4.78, 5) is 15.8. The van der Waals surface area contributed by atoms with Crippen LogP contribution in [0.3, 0.4) is 0 Å². The van der Waals surface area contributed by atoms with Crippen LogP contribution in [0.2, 0.25) is 0 Å². The Morgan fingerprint density at radius 1 is 1.08 bits per heavy atom. The lowest BCUT2D eigenvalue weighted by Gasteiger charge is -2.06. The van der Waals surface area contributed by atoms with E-state index in [9.17, 15) is 4.79 Å². The standard InChI is InChI=1S/C19H19N3OS/c1-12-7-8-13(2)17(9-12)18-11-24-19(22-18)21-16-6-4-5-15(10-16)20-14(3)23/h4-11H,1-3H3,(H,20,23)(H,21,22). The number of anilines is 3. The normalized spacial score (nSPS) is 10.5. The molecule has 2 aromatic carbocycles. The molecule has 2 N–H and O–H groups in total. The van der Waals surface area contributed by atoms with Crippen LogP contribution in [0.1, 0.15) is 18.1 Å². The number of nitrogens with zero attached hydrogens (tertiary/aromatic N) is 1. The molecule has 0 aliphatic heterocycles. The Morgan fingerprint density at radius 3 is 2.67 bits per heavy atom. The van der Waals surface area contributed by atoms with Crippen LogP contribution in [-0.4, -0.2) is 10.9 Å². The van der Waals surface area contributed by atoms with E-state index in [0.29, 0.717) is 0 Å². The zero-order valence-electron chi connectivity index (χ0n) is 13.9. The van der Waals surface area contributed by atoms with E-state index in [-0.39, 0.29) is 5.91 Å². The highest BCUT2D eigenvalue weighted by Crippen LogP contribution is 2.30. The Bertz CT molecular complexity index is 886. The summed E-state index contributed by atoms with van der Waals surface area (Å²) in [5.41, 5.74) is 6.22. The molecule has 0 radical (unpaired) electrons. The van der Waals surface area contributed by atoms with Crippen molar-refractivity contribution >= 4 is 33.8 Å². The Morgan fingerprint density at radius 2 is 1.88 bits per heavy atom. The number of nitrogens with one attached hydrogen (secondary N) is 2. The molecule has 0 aliphatic rings. The Balaban J connectivity index is 1.81. The first kappa shape index (κ1) is 16.2. The summed E-state index contributed by atoms with van der Waals surface area (Å²) in [6.07, 6.45) is 0. The van der Waals surface area contributed by atoms with Crippen LogP contribution in [0, 0.1) is 13.8 Å². The maximum atomic E-state index is 11.2. The van der Waals surface area contributed by atoms with Gasteiger partial charge in [0.05, 0.1) is 5.69 Å². The van der Waals surface area contributed by atoms with E-state index in [1.165, 1.54) is 18.1 Å². The van der Waals surface area contributed by atoms with Crippen LogP contribution in [-0.2, 0) is 4.79 Å². The minimum Gasteiger partial charge on any atom is -0.331 e. The summed E-state index contributed by atoms with van der Waals surface area (Å²) in [6, 6.07) is 14.0. The van der Waals surface area contributed by atoms with Crippen molar-refractivity contribution in [1.82, 2.24) is 4.98 Å². The van der Waals surface area contributed by atoms with Gasteiger partial charge in [0.15, 0.2) is 5.13 Å². The lowest BCUT2D eigenvalue weighted by Crippen LogP contribution is -2.05. The van der Waals surface area contributed by atoms with E-state index in [4.69, 9.17) is 0 Å². The highest BCUT2D eigenvalue weighted by atomic mass is 32.1. The molecule has 4 nitrogen and oxygen atoms in total. The number of aryl methyl sites for hydroxylation is 2. The van der Waals surface area contributed by atoms with Crippen LogP contribution in [0.5, 0.6) is 0 Å². The Kier molecular flexibility index (Phi) is 4.62. The van der Waals surface area contributed by atoms with E-state index in [2.05, 4.69) is 53.0 Å². The summed E-state index contributed by atoms with van der Waals surface area (Å²) in [5, 5.41) is 8.96. The van der Waals surface area contributed by atoms with E-state index >= 15 is 0 Å². The average molecular weight is 337 g/mol. The highest BCUT2D eigenvalue weighted by molar-refractivity contribution is 7.14. The van der Waals surface area contributed by atoms with Gasteiger partial charge in [-0.3, -0.25) is 4.79 Å². The molecule has 24 heavy (non-hydrogen) atoms.